The van der Waals surface area contributed by atoms with Gasteiger partial charge < -0.3 is 14.4 Å². The summed E-state index contributed by atoms with van der Waals surface area (Å²) in [5.74, 6) is 0. The lowest BCUT2D eigenvalue weighted by molar-refractivity contribution is -0.000347. The molecule has 4 nitrogen and oxygen atoms in total. The molecule has 0 saturated carbocycles. The van der Waals surface area contributed by atoms with Gasteiger partial charge in [-0.3, -0.25) is 0 Å². The molecular formula is C15H20ClNO3. The topological polar surface area (TPSA) is 38.8 Å². The minimum atomic E-state index is -0.510. The Balaban J connectivity index is 2.20. The maximum Gasteiger partial charge on any atom is 0.410 e. The van der Waals surface area contributed by atoms with Gasteiger partial charge in [-0.1, -0.05) is 17.7 Å². The van der Waals surface area contributed by atoms with Gasteiger partial charge in [-0.25, -0.2) is 4.79 Å². The Morgan fingerprint density at radius 2 is 2.15 bits per heavy atom. The van der Waals surface area contributed by atoms with Crippen LogP contribution < -0.4 is 0 Å². The van der Waals surface area contributed by atoms with Crippen molar-refractivity contribution in [1.82, 2.24) is 4.90 Å². The first kappa shape index (κ1) is 15.1. The summed E-state index contributed by atoms with van der Waals surface area (Å²) in [5, 5.41) is 0.674. The first-order valence-electron chi connectivity index (χ1n) is 6.60. The Hall–Kier alpha value is -1.26. The summed E-state index contributed by atoms with van der Waals surface area (Å²) in [4.78, 5) is 13.7. The fourth-order valence-electron chi connectivity index (χ4n) is 2.18. The van der Waals surface area contributed by atoms with Gasteiger partial charge in [-0.05, 0) is 44.0 Å². The van der Waals surface area contributed by atoms with Gasteiger partial charge in [-0.15, -0.1) is 0 Å². The van der Waals surface area contributed by atoms with Crippen LogP contribution in [0.15, 0.2) is 18.2 Å². The average Bonchev–Trinajstić information content (AvgIpc) is 2.34. The minimum Gasteiger partial charge on any atom is -0.444 e. The summed E-state index contributed by atoms with van der Waals surface area (Å²) in [5.41, 5.74) is 1.57. The lowest BCUT2D eigenvalue weighted by atomic mass is 9.98. The third-order valence-electron chi connectivity index (χ3n) is 3.15. The second-order valence-corrected chi connectivity index (χ2v) is 6.40. The number of likely N-dealkylation sites (N-methyl/N-ethyl adjacent to an activating group) is 1. The smallest absolute Gasteiger partial charge is 0.410 e. The summed E-state index contributed by atoms with van der Waals surface area (Å²) in [6.07, 6.45) is -0.353. The lowest BCUT2D eigenvalue weighted by Crippen LogP contribution is -2.39. The van der Waals surface area contributed by atoms with Gasteiger partial charge in [0, 0.05) is 12.1 Å². The van der Waals surface area contributed by atoms with E-state index < -0.39 is 5.60 Å². The van der Waals surface area contributed by atoms with Gasteiger partial charge in [0.1, 0.15) is 5.60 Å². The standard InChI is InChI=1S/C15H20ClNO3/c1-15(2,3)20-14(18)17(4)13-9-19-8-10-7-11(16)5-6-12(10)13/h5-7,13H,8-9H2,1-4H3/t13-/m1/s1. The van der Waals surface area contributed by atoms with Crippen molar-refractivity contribution < 1.29 is 14.3 Å². The number of amides is 1. The van der Waals surface area contributed by atoms with E-state index in [0.29, 0.717) is 18.2 Å². The Kier molecular flexibility index (Phi) is 4.25. The zero-order valence-electron chi connectivity index (χ0n) is 12.3. The summed E-state index contributed by atoms with van der Waals surface area (Å²) in [6, 6.07) is 5.52. The van der Waals surface area contributed by atoms with E-state index in [1.807, 2.05) is 39.0 Å². The van der Waals surface area contributed by atoms with E-state index in [2.05, 4.69) is 0 Å². The van der Waals surface area contributed by atoms with E-state index >= 15 is 0 Å². The molecule has 5 heteroatoms. The van der Waals surface area contributed by atoms with Crippen LogP contribution in [0.2, 0.25) is 5.02 Å². The van der Waals surface area contributed by atoms with Gasteiger partial charge >= 0.3 is 6.09 Å². The first-order valence-corrected chi connectivity index (χ1v) is 6.97. The molecule has 1 amide bonds. The molecule has 20 heavy (non-hydrogen) atoms. The molecule has 2 rings (SSSR count). The second-order valence-electron chi connectivity index (χ2n) is 5.97. The molecule has 0 unspecified atom stereocenters. The third-order valence-corrected chi connectivity index (χ3v) is 3.38. The molecule has 1 heterocycles. The van der Waals surface area contributed by atoms with Gasteiger partial charge in [0.15, 0.2) is 0 Å². The molecular weight excluding hydrogens is 278 g/mol. The molecule has 0 aliphatic carbocycles. The zero-order chi connectivity index (χ0) is 14.9. The highest BCUT2D eigenvalue weighted by atomic mass is 35.5. The van der Waals surface area contributed by atoms with Crippen molar-refractivity contribution in [2.45, 2.75) is 39.0 Å². The summed E-state index contributed by atoms with van der Waals surface area (Å²) < 4.78 is 11.0. The largest absolute Gasteiger partial charge is 0.444 e. The molecule has 0 aromatic heterocycles. The number of carbonyl (C=O) groups is 1. The highest BCUT2D eigenvalue weighted by molar-refractivity contribution is 6.30. The van der Waals surface area contributed by atoms with Crippen LogP contribution in [-0.4, -0.2) is 30.2 Å². The number of hydrogen-bond donors (Lipinski definition) is 0. The van der Waals surface area contributed by atoms with Crippen LogP contribution in [0.5, 0.6) is 0 Å². The number of ether oxygens (including phenoxy) is 2. The number of rotatable bonds is 1. The van der Waals surface area contributed by atoms with Gasteiger partial charge in [-0.2, -0.15) is 0 Å². The van der Waals surface area contributed by atoms with Gasteiger partial charge in [0.2, 0.25) is 0 Å². The van der Waals surface area contributed by atoms with E-state index in [4.69, 9.17) is 21.1 Å². The van der Waals surface area contributed by atoms with Gasteiger partial charge in [0.05, 0.1) is 19.3 Å². The number of nitrogens with zero attached hydrogens (tertiary/aromatic N) is 1. The predicted octanol–water partition coefficient (Wildman–Crippen LogP) is 3.78. The number of benzene rings is 1. The number of hydrogen-bond acceptors (Lipinski definition) is 3. The summed E-state index contributed by atoms with van der Waals surface area (Å²) >= 11 is 5.99. The molecule has 0 bridgehead atoms. The van der Waals surface area contributed by atoms with E-state index in [1.165, 1.54) is 0 Å². The van der Waals surface area contributed by atoms with Crippen molar-refractivity contribution >= 4 is 17.7 Å². The van der Waals surface area contributed by atoms with Crippen molar-refractivity contribution in [2.75, 3.05) is 13.7 Å². The van der Waals surface area contributed by atoms with Crippen LogP contribution in [0.1, 0.15) is 37.9 Å². The Labute approximate surface area is 124 Å². The van der Waals surface area contributed by atoms with Crippen LogP contribution in [0.3, 0.4) is 0 Å². The van der Waals surface area contributed by atoms with E-state index in [9.17, 15) is 4.79 Å². The molecule has 1 aromatic rings. The SMILES string of the molecule is CN(C(=O)OC(C)(C)C)[C@@H]1COCc2cc(Cl)ccc21. The molecule has 0 saturated heterocycles. The highest BCUT2D eigenvalue weighted by Crippen LogP contribution is 2.31. The normalized spacial score (nSPS) is 18.4. The number of halogens is 1. The minimum absolute atomic E-state index is 0.147. The Morgan fingerprint density at radius 3 is 2.80 bits per heavy atom. The molecule has 0 N–H and O–H groups in total. The molecule has 1 aliphatic heterocycles. The van der Waals surface area contributed by atoms with Crippen LogP contribution in [0, 0.1) is 0 Å². The fourth-order valence-corrected chi connectivity index (χ4v) is 2.37. The highest BCUT2D eigenvalue weighted by Gasteiger charge is 2.30. The second kappa shape index (κ2) is 5.62. The Morgan fingerprint density at radius 1 is 1.45 bits per heavy atom. The van der Waals surface area contributed by atoms with Gasteiger partial charge in [0.25, 0.3) is 0 Å². The lowest BCUT2D eigenvalue weighted by Gasteiger charge is -2.34. The fraction of sp³-hybridized carbons (Fsp3) is 0.533. The third kappa shape index (κ3) is 3.44. The molecule has 1 atom stereocenters. The van der Waals surface area contributed by atoms with Crippen molar-refractivity contribution in [3.63, 3.8) is 0 Å². The van der Waals surface area contributed by atoms with E-state index in [-0.39, 0.29) is 12.1 Å². The molecule has 1 aromatic carbocycles. The monoisotopic (exact) mass is 297 g/mol. The van der Waals surface area contributed by atoms with E-state index in [1.54, 1.807) is 11.9 Å². The van der Waals surface area contributed by atoms with Crippen LogP contribution in [-0.2, 0) is 16.1 Å². The first-order chi connectivity index (χ1) is 9.28. The van der Waals surface area contributed by atoms with Crippen LogP contribution in [0.4, 0.5) is 4.79 Å². The summed E-state index contributed by atoms with van der Waals surface area (Å²) in [7, 11) is 1.73. The van der Waals surface area contributed by atoms with Crippen molar-refractivity contribution in [3.05, 3.63) is 34.3 Å². The van der Waals surface area contributed by atoms with Crippen molar-refractivity contribution in [1.29, 1.82) is 0 Å². The van der Waals surface area contributed by atoms with E-state index in [0.717, 1.165) is 11.1 Å². The molecule has 1 aliphatic rings. The molecule has 110 valence electrons. The van der Waals surface area contributed by atoms with Crippen molar-refractivity contribution in [3.8, 4) is 0 Å². The quantitative estimate of drug-likeness (QED) is 0.792. The van der Waals surface area contributed by atoms with Crippen LogP contribution >= 0.6 is 11.6 Å². The predicted molar refractivity (Wildman–Crippen MR) is 77.8 cm³/mol. The number of carbonyl (C=O) groups excluding carboxylic acids is 1. The summed E-state index contributed by atoms with van der Waals surface area (Å²) in [6.45, 7) is 6.54. The maximum atomic E-state index is 12.2. The zero-order valence-corrected chi connectivity index (χ0v) is 13.0. The molecule has 0 fully saturated rings. The van der Waals surface area contributed by atoms with Crippen LogP contribution in [0.25, 0.3) is 0 Å². The molecule has 0 radical (unpaired) electrons. The maximum absolute atomic E-state index is 12.2. The average molecular weight is 298 g/mol. The van der Waals surface area contributed by atoms with Crippen molar-refractivity contribution in [2.24, 2.45) is 0 Å². The number of fused-ring (bicyclic) bond motifs is 1. The molecule has 0 spiro atoms. The Bertz CT molecular complexity index is 510.